The number of nitrogens with zero attached hydrogens (tertiary/aromatic N) is 3. The summed E-state index contributed by atoms with van der Waals surface area (Å²) < 4.78 is 21.1. The Morgan fingerprint density at radius 2 is 2.12 bits per heavy atom. The number of nitrogens with one attached hydrogen (secondary N) is 1. The minimum atomic E-state index is -0.368. The molecule has 0 saturated heterocycles. The molecule has 2 aromatic heterocycles. The molecule has 0 radical (unpaired) electrons. The maximum absolute atomic E-state index is 13.5. The van der Waals surface area contributed by atoms with E-state index < -0.39 is 0 Å². The Morgan fingerprint density at radius 3 is 2.88 bits per heavy atom. The number of fused-ring (bicyclic) bond motifs is 1. The topological polar surface area (TPSA) is 72.2 Å². The summed E-state index contributed by atoms with van der Waals surface area (Å²) in [5.74, 6) is 0.614. The number of aliphatic hydroxyl groups is 1. The van der Waals surface area contributed by atoms with Crippen LogP contribution in [-0.4, -0.2) is 32.4 Å². The summed E-state index contributed by atoms with van der Waals surface area (Å²) >= 11 is 0. The fourth-order valence-corrected chi connectivity index (χ4v) is 2.50. The van der Waals surface area contributed by atoms with Crippen molar-refractivity contribution in [3.8, 4) is 5.75 Å². The van der Waals surface area contributed by atoms with E-state index in [1.54, 1.807) is 6.07 Å². The molecule has 0 aliphatic rings. The fourth-order valence-electron chi connectivity index (χ4n) is 2.50. The maximum atomic E-state index is 13.5. The second-order valence-corrected chi connectivity index (χ2v) is 5.62. The van der Waals surface area contributed by atoms with E-state index in [9.17, 15) is 9.50 Å². The molecule has 3 aromatic rings. The van der Waals surface area contributed by atoms with Crippen LogP contribution in [0.15, 0.2) is 36.8 Å². The Morgan fingerprint density at radius 1 is 1.29 bits per heavy atom. The largest absolute Gasteiger partial charge is 0.489 e. The Balaban J connectivity index is 2.02. The van der Waals surface area contributed by atoms with E-state index in [1.807, 2.05) is 30.7 Å². The lowest BCUT2D eigenvalue weighted by atomic mass is 10.2. The highest BCUT2D eigenvalue weighted by molar-refractivity contribution is 5.88. The van der Waals surface area contributed by atoms with Gasteiger partial charge in [-0.3, -0.25) is 0 Å². The van der Waals surface area contributed by atoms with Crippen LogP contribution in [0.4, 0.5) is 15.9 Å². The van der Waals surface area contributed by atoms with Gasteiger partial charge in [-0.1, -0.05) is 0 Å². The van der Waals surface area contributed by atoms with E-state index in [2.05, 4.69) is 15.3 Å². The van der Waals surface area contributed by atoms with Crippen molar-refractivity contribution in [2.24, 2.45) is 0 Å². The number of hydrogen-bond donors (Lipinski definition) is 2. The highest BCUT2D eigenvalue weighted by Crippen LogP contribution is 2.31. The third-order valence-corrected chi connectivity index (χ3v) is 3.45. The van der Waals surface area contributed by atoms with Crippen LogP contribution in [-0.2, 0) is 6.54 Å². The summed E-state index contributed by atoms with van der Waals surface area (Å²) in [5, 5.41) is 12.4. The number of benzene rings is 1. The van der Waals surface area contributed by atoms with Crippen molar-refractivity contribution in [3.63, 3.8) is 0 Å². The molecular formula is C17H19FN4O2. The molecule has 6 nitrogen and oxygen atoms in total. The lowest BCUT2D eigenvalue weighted by Crippen LogP contribution is -2.09. The van der Waals surface area contributed by atoms with Crippen LogP contribution < -0.4 is 10.1 Å². The molecule has 2 heterocycles. The molecule has 0 bridgehead atoms. The number of halogens is 1. The van der Waals surface area contributed by atoms with Gasteiger partial charge < -0.3 is 19.7 Å². The Hall–Kier alpha value is -2.67. The Bertz CT molecular complexity index is 848. The minimum absolute atomic E-state index is 0.0103. The molecule has 0 fully saturated rings. The van der Waals surface area contributed by atoms with Gasteiger partial charge in [-0.15, -0.1) is 0 Å². The van der Waals surface area contributed by atoms with Crippen LogP contribution in [0.3, 0.4) is 0 Å². The smallest absolute Gasteiger partial charge is 0.158 e. The summed E-state index contributed by atoms with van der Waals surface area (Å²) in [6.07, 6.45) is 3.22. The van der Waals surface area contributed by atoms with Gasteiger partial charge in [-0.25, -0.2) is 14.4 Å². The number of anilines is 2. The number of hydrogen-bond acceptors (Lipinski definition) is 5. The van der Waals surface area contributed by atoms with Crippen molar-refractivity contribution in [1.82, 2.24) is 14.5 Å². The molecule has 3 rings (SSSR count). The standard InChI is InChI=1S/C17H19FN4O2/c1-11(2)24-15-9-12(18)3-4-13(15)21-17-16-14(19-10-20-17)5-6-22(16)7-8-23/h3-6,9-11,23H,7-8H2,1-2H3,(H,19,20,21). The molecule has 126 valence electrons. The van der Waals surface area contributed by atoms with Gasteiger partial charge in [0.05, 0.1) is 23.9 Å². The first-order valence-electron chi connectivity index (χ1n) is 7.72. The number of aromatic nitrogens is 3. The molecule has 2 N–H and O–H groups in total. The van der Waals surface area contributed by atoms with Crippen LogP contribution in [0.25, 0.3) is 11.0 Å². The zero-order chi connectivity index (χ0) is 17.1. The van der Waals surface area contributed by atoms with Gasteiger partial charge in [0.25, 0.3) is 0 Å². The van der Waals surface area contributed by atoms with Crippen molar-refractivity contribution in [1.29, 1.82) is 0 Å². The van der Waals surface area contributed by atoms with Gasteiger partial charge in [0, 0.05) is 18.8 Å². The summed E-state index contributed by atoms with van der Waals surface area (Å²) in [6.45, 7) is 4.20. The molecule has 0 spiro atoms. The van der Waals surface area contributed by atoms with Crippen molar-refractivity contribution < 1.29 is 14.2 Å². The van der Waals surface area contributed by atoms with E-state index >= 15 is 0 Å². The second kappa shape index (κ2) is 6.84. The average molecular weight is 330 g/mol. The van der Waals surface area contributed by atoms with Crippen molar-refractivity contribution in [3.05, 3.63) is 42.6 Å². The third-order valence-electron chi connectivity index (χ3n) is 3.45. The Kier molecular flexibility index (Phi) is 4.61. The fraction of sp³-hybridized carbons (Fsp3) is 0.294. The van der Waals surface area contributed by atoms with Gasteiger partial charge in [-0.05, 0) is 32.0 Å². The van der Waals surface area contributed by atoms with Gasteiger partial charge in [0.15, 0.2) is 5.82 Å². The zero-order valence-corrected chi connectivity index (χ0v) is 13.5. The first-order valence-corrected chi connectivity index (χ1v) is 7.72. The van der Waals surface area contributed by atoms with Crippen molar-refractivity contribution in [2.75, 3.05) is 11.9 Å². The normalized spacial score (nSPS) is 11.2. The van der Waals surface area contributed by atoms with E-state index in [4.69, 9.17) is 4.74 Å². The summed E-state index contributed by atoms with van der Waals surface area (Å²) in [7, 11) is 0. The molecule has 0 saturated carbocycles. The molecule has 7 heteroatoms. The van der Waals surface area contributed by atoms with Crippen LogP contribution in [0.5, 0.6) is 5.75 Å². The molecule has 1 aromatic carbocycles. The molecule has 0 amide bonds. The van der Waals surface area contributed by atoms with E-state index in [0.717, 1.165) is 11.0 Å². The summed E-state index contributed by atoms with van der Waals surface area (Å²) in [4.78, 5) is 8.51. The van der Waals surface area contributed by atoms with Crippen molar-refractivity contribution >= 4 is 22.5 Å². The van der Waals surface area contributed by atoms with E-state index in [-0.39, 0.29) is 18.5 Å². The quantitative estimate of drug-likeness (QED) is 0.727. The lowest BCUT2D eigenvalue weighted by Gasteiger charge is -2.16. The zero-order valence-electron chi connectivity index (χ0n) is 13.5. The van der Waals surface area contributed by atoms with Crippen LogP contribution in [0.2, 0.25) is 0 Å². The average Bonchev–Trinajstić information content (AvgIpc) is 2.94. The number of rotatable bonds is 6. The Labute approximate surface area is 138 Å². The number of ether oxygens (including phenoxy) is 1. The monoisotopic (exact) mass is 330 g/mol. The SMILES string of the molecule is CC(C)Oc1cc(F)ccc1Nc1ncnc2ccn(CCO)c12. The maximum Gasteiger partial charge on any atom is 0.158 e. The molecule has 0 atom stereocenters. The first-order chi connectivity index (χ1) is 11.6. The van der Waals surface area contributed by atoms with Gasteiger partial charge in [0.1, 0.15) is 23.4 Å². The highest BCUT2D eigenvalue weighted by Gasteiger charge is 2.13. The summed E-state index contributed by atoms with van der Waals surface area (Å²) in [6, 6.07) is 6.17. The first kappa shape index (κ1) is 16.2. The predicted molar refractivity (Wildman–Crippen MR) is 90.1 cm³/mol. The van der Waals surface area contributed by atoms with Crippen LogP contribution in [0.1, 0.15) is 13.8 Å². The molecular weight excluding hydrogens is 311 g/mol. The third kappa shape index (κ3) is 3.30. The molecule has 0 unspecified atom stereocenters. The van der Waals surface area contributed by atoms with E-state index in [0.29, 0.717) is 23.8 Å². The molecule has 0 aliphatic carbocycles. The lowest BCUT2D eigenvalue weighted by molar-refractivity contribution is 0.243. The van der Waals surface area contributed by atoms with Crippen LogP contribution in [0, 0.1) is 5.82 Å². The highest BCUT2D eigenvalue weighted by atomic mass is 19.1. The van der Waals surface area contributed by atoms with E-state index in [1.165, 1.54) is 18.5 Å². The number of aliphatic hydroxyl groups excluding tert-OH is 1. The molecule has 24 heavy (non-hydrogen) atoms. The summed E-state index contributed by atoms with van der Waals surface area (Å²) in [5.41, 5.74) is 2.14. The van der Waals surface area contributed by atoms with Gasteiger partial charge in [0.2, 0.25) is 0 Å². The minimum Gasteiger partial charge on any atom is -0.489 e. The van der Waals surface area contributed by atoms with Gasteiger partial charge >= 0.3 is 0 Å². The van der Waals surface area contributed by atoms with Crippen molar-refractivity contribution in [2.45, 2.75) is 26.5 Å². The van der Waals surface area contributed by atoms with Crippen LogP contribution >= 0.6 is 0 Å². The van der Waals surface area contributed by atoms with Gasteiger partial charge in [-0.2, -0.15) is 0 Å². The predicted octanol–water partition coefficient (Wildman–Crippen LogP) is 3.09. The second-order valence-electron chi connectivity index (χ2n) is 5.62. The molecule has 0 aliphatic heterocycles.